The smallest absolute Gasteiger partial charge is 0.123 e. The number of halogens is 1. The lowest BCUT2D eigenvalue weighted by Crippen LogP contribution is -2.40. The molecule has 0 aliphatic rings. The third kappa shape index (κ3) is 5.29. The van der Waals surface area contributed by atoms with Crippen LogP contribution in [-0.4, -0.2) is 25.8 Å². The molecule has 0 amide bonds. The Morgan fingerprint density at radius 3 is 2.76 bits per heavy atom. The Bertz CT molecular complexity index is 330. The zero-order valence-electron chi connectivity index (χ0n) is 10.9. The fourth-order valence-corrected chi connectivity index (χ4v) is 1.96. The molecule has 2 atom stereocenters. The van der Waals surface area contributed by atoms with Crippen molar-refractivity contribution in [3.05, 3.63) is 35.6 Å². The van der Waals surface area contributed by atoms with Gasteiger partial charge in [0.1, 0.15) is 5.82 Å². The lowest BCUT2D eigenvalue weighted by Gasteiger charge is -2.21. The maximum atomic E-state index is 13.0. The van der Waals surface area contributed by atoms with Gasteiger partial charge in [0.25, 0.3) is 0 Å². The van der Waals surface area contributed by atoms with Crippen LogP contribution in [0.3, 0.4) is 0 Å². The highest BCUT2D eigenvalue weighted by molar-refractivity contribution is 5.17. The second kappa shape index (κ2) is 7.41. The van der Waals surface area contributed by atoms with Crippen LogP contribution < -0.4 is 5.32 Å². The first-order valence-corrected chi connectivity index (χ1v) is 6.15. The molecular weight excluding hydrogens is 217 g/mol. The number of hydrogen-bond acceptors (Lipinski definition) is 2. The molecule has 3 heteroatoms. The predicted octanol–water partition coefficient (Wildman–Crippen LogP) is 2.77. The van der Waals surface area contributed by atoms with Crippen molar-refractivity contribution in [3.63, 3.8) is 0 Å². The van der Waals surface area contributed by atoms with Crippen LogP contribution in [0, 0.1) is 5.82 Å². The van der Waals surface area contributed by atoms with E-state index >= 15 is 0 Å². The maximum absolute atomic E-state index is 13.0. The first-order chi connectivity index (χ1) is 8.15. The standard InChI is InChI=1S/C14H22FNO/c1-4-14(10-17-3)16-11(2)8-12-6-5-7-13(15)9-12/h5-7,9,11,14,16H,4,8,10H2,1-3H3. The molecule has 0 saturated heterocycles. The normalized spacial score (nSPS) is 14.6. The molecule has 0 aliphatic carbocycles. The zero-order valence-corrected chi connectivity index (χ0v) is 10.9. The van der Waals surface area contributed by atoms with Crippen molar-refractivity contribution in [1.82, 2.24) is 5.32 Å². The summed E-state index contributed by atoms with van der Waals surface area (Å²) in [7, 11) is 1.71. The van der Waals surface area contributed by atoms with Gasteiger partial charge in [-0.1, -0.05) is 19.1 Å². The molecule has 1 aromatic rings. The predicted molar refractivity (Wildman–Crippen MR) is 68.7 cm³/mol. The third-order valence-electron chi connectivity index (χ3n) is 2.81. The summed E-state index contributed by atoms with van der Waals surface area (Å²) in [6, 6.07) is 7.46. The highest BCUT2D eigenvalue weighted by Crippen LogP contribution is 2.07. The van der Waals surface area contributed by atoms with Crippen LogP contribution in [0.15, 0.2) is 24.3 Å². The zero-order chi connectivity index (χ0) is 12.7. The molecule has 17 heavy (non-hydrogen) atoms. The Balaban J connectivity index is 2.45. The number of ether oxygens (including phenoxy) is 1. The van der Waals surface area contributed by atoms with E-state index in [9.17, 15) is 4.39 Å². The molecule has 0 saturated carbocycles. The summed E-state index contributed by atoms with van der Waals surface area (Å²) < 4.78 is 18.2. The van der Waals surface area contributed by atoms with Gasteiger partial charge in [0.05, 0.1) is 6.61 Å². The van der Waals surface area contributed by atoms with Gasteiger partial charge in [0.15, 0.2) is 0 Å². The number of benzene rings is 1. The minimum atomic E-state index is -0.168. The van der Waals surface area contributed by atoms with Crippen LogP contribution in [0.25, 0.3) is 0 Å². The van der Waals surface area contributed by atoms with Crippen molar-refractivity contribution in [1.29, 1.82) is 0 Å². The van der Waals surface area contributed by atoms with Crippen molar-refractivity contribution in [2.24, 2.45) is 0 Å². The van der Waals surface area contributed by atoms with Crippen molar-refractivity contribution >= 4 is 0 Å². The Kier molecular flexibility index (Phi) is 6.16. The van der Waals surface area contributed by atoms with E-state index < -0.39 is 0 Å². The summed E-state index contributed by atoms with van der Waals surface area (Å²) in [6.45, 7) is 4.96. The Morgan fingerprint density at radius 2 is 2.18 bits per heavy atom. The van der Waals surface area contributed by atoms with Gasteiger partial charge in [-0.05, 0) is 37.5 Å². The molecule has 0 aromatic heterocycles. The molecule has 0 heterocycles. The van der Waals surface area contributed by atoms with Gasteiger partial charge in [0, 0.05) is 19.2 Å². The summed E-state index contributed by atoms with van der Waals surface area (Å²) in [4.78, 5) is 0. The highest BCUT2D eigenvalue weighted by Gasteiger charge is 2.10. The monoisotopic (exact) mass is 239 g/mol. The van der Waals surface area contributed by atoms with Crippen molar-refractivity contribution in [3.8, 4) is 0 Å². The molecule has 0 fully saturated rings. The molecule has 0 radical (unpaired) electrons. The van der Waals surface area contributed by atoms with E-state index in [4.69, 9.17) is 4.74 Å². The quantitative estimate of drug-likeness (QED) is 0.790. The Morgan fingerprint density at radius 1 is 1.41 bits per heavy atom. The lowest BCUT2D eigenvalue weighted by atomic mass is 10.1. The van der Waals surface area contributed by atoms with E-state index in [1.807, 2.05) is 6.07 Å². The molecule has 96 valence electrons. The fourth-order valence-electron chi connectivity index (χ4n) is 1.96. The highest BCUT2D eigenvalue weighted by atomic mass is 19.1. The van der Waals surface area contributed by atoms with Gasteiger partial charge >= 0.3 is 0 Å². The summed E-state index contributed by atoms with van der Waals surface area (Å²) in [6.07, 6.45) is 1.86. The lowest BCUT2D eigenvalue weighted by molar-refractivity contribution is 0.159. The minimum Gasteiger partial charge on any atom is -0.383 e. The van der Waals surface area contributed by atoms with E-state index in [0.717, 1.165) is 18.4 Å². The van der Waals surface area contributed by atoms with Crippen molar-refractivity contribution in [2.75, 3.05) is 13.7 Å². The van der Waals surface area contributed by atoms with Gasteiger partial charge in [-0.25, -0.2) is 4.39 Å². The SMILES string of the molecule is CCC(COC)NC(C)Cc1cccc(F)c1. The van der Waals surface area contributed by atoms with E-state index in [0.29, 0.717) is 18.7 Å². The van der Waals surface area contributed by atoms with Crippen molar-refractivity contribution < 1.29 is 9.13 Å². The van der Waals surface area contributed by atoms with Crippen LogP contribution in [0.4, 0.5) is 4.39 Å². The largest absolute Gasteiger partial charge is 0.383 e. The summed E-state index contributed by atoms with van der Waals surface area (Å²) in [5.74, 6) is -0.168. The molecule has 1 rings (SSSR count). The molecule has 2 nitrogen and oxygen atoms in total. The number of nitrogens with one attached hydrogen (secondary N) is 1. The first kappa shape index (κ1) is 14.1. The van der Waals surface area contributed by atoms with Gasteiger partial charge < -0.3 is 10.1 Å². The maximum Gasteiger partial charge on any atom is 0.123 e. The minimum absolute atomic E-state index is 0.168. The van der Waals surface area contributed by atoms with Crippen LogP contribution in [0.1, 0.15) is 25.8 Å². The summed E-state index contributed by atoms with van der Waals surface area (Å²) in [5, 5.41) is 3.49. The summed E-state index contributed by atoms with van der Waals surface area (Å²) in [5.41, 5.74) is 1.03. The average Bonchev–Trinajstić information content (AvgIpc) is 2.28. The van der Waals surface area contributed by atoms with Gasteiger partial charge in [-0.15, -0.1) is 0 Å². The van der Waals surface area contributed by atoms with Gasteiger partial charge in [-0.2, -0.15) is 0 Å². The van der Waals surface area contributed by atoms with Crippen LogP contribution in [0.2, 0.25) is 0 Å². The molecule has 0 spiro atoms. The van der Waals surface area contributed by atoms with E-state index in [2.05, 4.69) is 19.2 Å². The molecule has 1 aromatic carbocycles. The molecule has 0 bridgehead atoms. The average molecular weight is 239 g/mol. The Hall–Kier alpha value is -0.930. The number of hydrogen-bond donors (Lipinski definition) is 1. The molecule has 2 unspecified atom stereocenters. The third-order valence-corrected chi connectivity index (χ3v) is 2.81. The van der Waals surface area contributed by atoms with E-state index in [1.54, 1.807) is 19.2 Å². The van der Waals surface area contributed by atoms with Gasteiger partial charge in [-0.3, -0.25) is 0 Å². The van der Waals surface area contributed by atoms with Crippen LogP contribution in [-0.2, 0) is 11.2 Å². The molecule has 1 N–H and O–H groups in total. The van der Waals surface area contributed by atoms with E-state index in [1.165, 1.54) is 6.07 Å². The Labute approximate surface area is 103 Å². The van der Waals surface area contributed by atoms with Crippen LogP contribution in [0.5, 0.6) is 0 Å². The van der Waals surface area contributed by atoms with Crippen molar-refractivity contribution in [2.45, 2.75) is 38.8 Å². The molecular formula is C14H22FNO. The first-order valence-electron chi connectivity index (χ1n) is 6.15. The second-order valence-corrected chi connectivity index (χ2v) is 4.46. The number of methoxy groups -OCH3 is 1. The number of rotatable bonds is 7. The van der Waals surface area contributed by atoms with E-state index in [-0.39, 0.29) is 5.82 Å². The summed E-state index contributed by atoms with van der Waals surface area (Å²) >= 11 is 0. The van der Waals surface area contributed by atoms with Crippen LogP contribution >= 0.6 is 0 Å². The second-order valence-electron chi connectivity index (χ2n) is 4.46. The topological polar surface area (TPSA) is 21.3 Å². The van der Waals surface area contributed by atoms with Gasteiger partial charge in [0.2, 0.25) is 0 Å². The fraction of sp³-hybridized carbons (Fsp3) is 0.571. The molecule has 0 aliphatic heterocycles.